The molecule has 1 fully saturated rings. The van der Waals surface area contributed by atoms with Gasteiger partial charge in [0.2, 0.25) is 5.91 Å². The van der Waals surface area contributed by atoms with Gasteiger partial charge in [-0.3, -0.25) is 15.0 Å². The molecule has 0 aliphatic carbocycles. The molecule has 1 aliphatic heterocycles. The fraction of sp³-hybridized carbons (Fsp3) is 0.500. The summed E-state index contributed by atoms with van der Waals surface area (Å²) in [5.74, 6) is -2.02. The molecule has 2 rings (SSSR count). The van der Waals surface area contributed by atoms with E-state index < -0.39 is 24.0 Å². The average Bonchev–Trinajstić information content (AvgIpc) is 2.53. The van der Waals surface area contributed by atoms with Crippen molar-refractivity contribution in [3.63, 3.8) is 0 Å². The van der Waals surface area contributed by atoms with Crippen LogP contribution in [0.2, 0.25) is 0 Å². The second kappa shape index (κ2) is 8.14. The Morgan fingerprint density at radius 1 is 1.21 bits per heavy atom. The van der Waals surface area contributed by atoms with Crippen molar-refractivity contribution in [2.75, 3.05) is 19.6 Å². The van der Waals surface area contributed by atoms with Gasteiger partial charge in [0.25, 0.3) is 0 Å². The maximum absolute atomic E-state index is 12.7. The zero-order valence-corrected chi connectivity index (χ0v) is 13.1. The smallest absolute Gasteiger partial charge is 0.334 e. The summed E-state index contributed by atoms with van der Waals surface area (Å²) in [6.07, 6.45) is -3.78. The van der Waals surface area contributed by atoms with Crippen LogP contribution in [-0.4, -0.2) is 42.6 Å². The normalized spacial score (nSPS) is 18.9. The summed E-state index contributed by atoms with van der Waals surface area (Å²) >= 11 is 0. The van der Waals surface area contributed by atoms with Gasteiger partial charge in [0.05, 0.1) is 12.5 Å². The van der Waals surface area contributed by atoms with Crippen LogP contribution in [0.3, 0.4) is 0 Å². The molecule has 0 radical (unpaired) electrons. The molecule has 0 saturated carbocycles. The summed E-state index contributed by atoms with van der Waals surface area (Å²) in [6, 6.07) is 8.49. The number of hydrogen-bond donors (Lipinski definition) is 2. The van der Waals surface area contributed by atoms with Crippen molar-refractivity contribution in [3.05, 3.63) is 35.9 Å². The molecule has 132 valence electrons. The Kier molecular flexibility index (Phi) is 6.19. The largest absolute Gasteiger partial charge is 0.393 e. The fourth-order valence-corrected chi connectivity index (χ4v) is 2.66. The minimum atomic E-state index is -4.25. The SMILES string of the molecule is O=C(CN1CCC[C@@H](C(F)(F)F)C1)NC(=O)NCc1ccccc1. The Balaban J connectivity index is 1.73. The van der Waals surface area contributed by atoms with Crippen molar-refractivity contribution in [1.82, 2.24) is 15.5 Å². The van der Waals surface area contributed by atoms with E-state index in [4.69, 9.17) is 0 Å². The molecule has 1 aliphatic rings. The van der Waals surface area contributed by atoms with E-state index in [-0.39, 0.29) is 26.1 Å². The highest BCUT2D eigenvalue weighted by Gasteiger charge is 2.41. The molecule has 1 aromatic carbocycles. The predicted molar refractivity (Wildman–Crippen MR) is 82.0 cm³/mol. The summed E-state index contributed by atoms with van der Waals surface area (Å²) in [6.45, 7) is 0.263. The van der Waals surface area contributed by atoms with Crippen LogP contribution in [0.25, 0.3) is 0 Å². The first-order valence-electron chi connectivity index (χ1n) is 7.75. The lowest BCUT2D eigenvalue weighted by Gasteiger charge is -2.33. The summed E-state index contributed by atoms with van der Waals surface area (Å²) in [5, 5.41) is 4.67. The number of likely N-dealkylation sites (tertiary alicyclic amines) is 1. The standard InChI is InChI=1S/C16H20F3N3O2/c17-16(18,19)13-7-4-8-22(10-13)11-14(23)21-15(24)20-9-12-5-2-1-3-6-12/h1-3,5-6,13H,4,7-11H2,(H2,20,21,23,24)/t13-/m1/s1. The zero-order chi connectivity index (χ0) is 17.6. The van der Waals surface area contributed by atoms with Crippen LogP contribution >= 0.6 is 0 Å². The molecule has 5 nitrogen and oxygen atoms in total. The molecule has 0 bridgehead atoms. The average molecular weight is 343 g/mol. The molecule has 24 heavy (non-hydrogen) atoms. The Bertz CT molecular complexity index is 563. The fourth-order valence-electron chi connectivity index (χ4n) is 2.66. The van der Waals surface area contributed by atoms with E-state index in [0.717, 1.165) is 5.56 Å². The van der Waals surface area contributed by atoms with Crippen LogP contribution < -0.4 is 10.6 Å². The van der Waals surface area contributed by atoms with E-state index in [1.807, 2.05) is 30.3 Å². The van der Waals surface area contributed by atoms with Gasteiger partial charge in [0.15, 0.2) is 0 Å². The van der Waals surface area contributed by atoms with Crippen LogP contribution in [0.5, 0.6) is 0 Å². The van der Waals surface area contributed by atoms with Gasteiger partial charge in [-0.2, -0.15) is 13.2 Å². The number of halogens is 3. The molecular weight excluding hydrogens is 323 g/mol. The van der Waals surface area contributed by atoms with E-state index in [0.29, 0.717) is 13.0 Å². The minimum absolute atomic E-state index is 0.0825. The van der Waals surface area contributed by atoms with E-state index in [9.17, 15) is 22.8 Å². The van der Waals surface area contributed by atoms with Gasteiger partial charge < -0.3 is 5.32 Å². The Morgan fingerprint density at radius 2 is 1.92 bits per heavy atom. The second-order valence-corrected chi connectivity index (χ2v) is 5.83. The van der Waals surface area contributed by atoms with Gasteiger partial charge in [-0.25, -0.2) is 4.79 Å². The van der Waals surface area contributed by atoms with E-state index in [1.165, 1.54) is 4.90 Å². The lowest BCUT2D eigenvalue weighted by molar-refractivity contribution is -0.187. The highest BCUT2D eigenvalue weighted by Crippen LogP contribution is 2.32. The van der Waals surface area contributed by atoms with Gasteiger partial charge in [-0.05, 0) is 24.9 Å². The van der Waals surface area contributed by atoms with E-state index in [2.05, 4.69) is 10.6 Å². The summed E-state index contributed by atoms with van der Waals surface area (Å²) in [5.41, 5.74) is 0.879. The zero-order valence-electron chi connectivity index (χ0n) is 13.1. The van der Waals surface area contributed by atoms with E-state index in [1.54, 1.807) is 0 Å². The topological polar surface area (TPSA) is 61.4 Å². The van der Waals surface area contributed by atoms with Gasteiger partial charge in [-0.15, -0.1) is 0 Å². The van der Waals surface area contributed by atoms with E-state index >= 15 is 0 Å². The monoisotopic (exact) mass is 343 g/mol. The highest BCUT2D eigenvalue weighted by molar-refractivity contribution is 5.95. The Morgan fingerprint density at radius 3 is 2.58 bits per heavy atom. The number of nitrogens with zero attached hydrogens (tertiary/aromatic N) is 1. The second-order valence-electron chi connectivity index (χ2n) is 5.83. The molecule has 1 atom stereocenters. The van der Waals surface area contributed by atoms with Gasteiger partial charge in [-0.1, -0.05) is 30.3 Å². The quantitative estimate of drug-likeness (QED) is 0.882. The molecule has 0 spiro atoms. The number of imide groups is 1. The van der Waals surface area contributed by atoms with Crippen LogP contribution in [-0.2, 0) is 11.3 Å². The van der Waals surface area contributed by atoms with Crippen LogP contribution in [0, 0.1) is 5.92 Å². The third-order valence-electron chi connectivity index (χ3n) is 3.88. The molecule has 8 heteroatoms. The number of benzene rings is 1. The summed E-state index contributed by atoms with van der Waals surface area (Å²) in [4.78, 5) is 24.9. The Labute approximate surface area is 138 Å². The number of alkyl halides is 3. The van der Waals surface area contributed by atoms with Crippen molar-refractivity contribution < 1.29 is 22.8 Å². The minimum Gasteiger partial charge on any atom is -0.334 e. The number of urea groups is 1. The summed E-state index contributed by atoms with van der Waals surface area (Å²) in [7, 11) is 0. The molecule has 1 aromatic rings. The first-order valence-corrected chi connectivity index (χ1v) is 7.75. The number of amides is 3. The molecule has 0 aromatic heterocycles. The number of hydrogen-bond acceptors (Lipinski definition) is 3. The lowest BCUT2D eigenvalue weighted by Crippen LogP contribution is -2.48. The molecule has 3 amide bonds. The number of carbonyl (C=O) groups excluding carboxylic acids is 2. The van der Waals surface area contributed by atoms with Gasteiger partial charge in [0.1, 0.15) is 0 Å². The first kappa shape index (κ1) is 18.3. The predicted octanol–water partition coefficient (Wildman–Crippen LogP) is 2.29. The number of nitrogens with one attached hydrogen (secondary N) is 2. The van der Waals surface area contributed by atoms with Crippen molar-refractivity contribution in [1.29, 1.82) is 0 Å². The number of rotatable bonds is 4. The van der Waals surface area contributed by atoms with Crippen molar-refractivity contribution in [3.8, 4) is 0 Å². The molecule has 1 saturated heterocycles. The van der Waals surface area contributed by atoms with Gasteiger partial charge in [0, 0.05) is 13.1 Å². The third kappa shape index (κ3) is 5.84. The summed E-state index contributed by atoms with van der Waals surface area (Å²) < 4.78 is 38.2. The van der Waals surface area contributed by atoms with Crippen molar-refractivity contribution in [2.24, 2.45) is 5.92 Å². The molecule has 0 unspecified atom stereocenters. The van der Waals surface area contributed by atoms with Crippen LogP contribution in [0.1, 0.15) is 18.4 Å². The maximum Gasteiger partial charge on any atom is 0.393 e. The highest BCUT2D eigenvalue weighted by atomic mass is 19.4. The van der Waals surface area contributed by atoms with Crippen molar-refractivity contribution >= 4 is 11.9 Å². The lowest BCUT2D eigenvalue weighted by atomic mass is 9.97. The molecule has 1 heterocycles. The van der Waals surface area contributed by atoms with Crippen LogP contribution in [0.4, 0.5) is 18.0 Å². The third-order valence-corrected chi connectivity index (χ3v) is 3.88. The molecule has 2 N–H and O–H groups in total. The van der Waals surface area contributed by atoms with Crippen LogP contribution in [0.15, 0.2) is 30.3 Å². The van der Waals surface area contributed by atoms with Crippen molar-refractivity contribution in [2.45, 2.75) is 25.6 Å². The number of carbonyl (C=O) groups is 2. The van der Waals surface area contributed by atoms with Gasteiger partial charge >= 0.3 is 12.2 Å². The maximum atomic E-state index is 12.7. The Hall–Kier alpha value is -2.09. The molecular formula is C16H20F3N3O2. The number of piperidine rings is 1. The first-order chi connectivity index (χ1) is 11.3.